The van der Waals surface area contributed by atoms with Gasteiger partial charge in [0.2, 0.25) is 0 Å². The second-order valence-corrected chi connectivity index (χ2v) is 5.56. The van der Waals surface area contributed by atoms with E-state index in [2.05, 4.69) is 6.07 Å². The first kappa shape index (κ1) is 14.0. The summed E-state index contributed by atoms with van der Waals surface area (Å²) in [5.41, 5.74) is 3.18. The average Bonchev–Trinajstić information content (AvgIpc) is 2.88. The number of aryl methyl sites for hydroxylation is 1. The number of aliphatic hydroxyl groups is 1. The van der Waals surface area contributed by atoms with Gasteiger partial charge in [0, 0.05) is 6.42 Å². The van der Waals surface area contributed by atoms with Crippen molar-refractivity contribution in [3.63, 3.8) is 0 Å². The first-order valence-electron chi connectivity index (χ1n) is 7.29. The Morgan fingerprint density at radius 1 is 1.29 bits per heavy atom. The summed E-state index contributed by atoms with van der Waals surface area (Å²) in [5, 5.41) is 9.58. The zero-order valence-corrected chi connectivity index (χ0v) is 12.4. The van der Waals surface area contributed by atoms with E-state index in [1.165, 1.54) is 5.56 Å². The fourth-order valence-corrected chi connectivity index (χ4v) is 2.62. The molecular formula is C18H20O3. The van der Waals surface area contributed by atoms with Crippen molar-refractivity contribution >= 4 is 0 Å². The van der Waals surface area contributed by atoms with Crippen LogP contribution in [0.3, 0.4) is 0 Å². The molecule has 1 heterocycles. The normalized spacial score (nSPS) is 18.0. The van der Waals surface area contributed by atoms with Gasteiger partial charge in [0.05, 0.1) is 6.10 Å². The SMILES string of the molecule is Cc1cc([C@H](C)O)ccc1OCC1Cc2ccccc2O1. The Balaban J connectivity index is 1.62. The summed E-state index contributed by atoms with van der Waals surface area (Å²) in [6.45, 7) is 4.29. The van der Waals surface area contributed by atoms with Crippen LogP contribution in [0.15, 0.2) is 42.5 Å². The van der Waals surface area contributed by atoms with Crippen LogP contribution in [0, 0.1) is 6.92 Å². The van der Waals surface area contributed by atoms with Crippen molar-refractivity contribution in [3.8, 4) is 11.5 Å². The lowest BCUT2D eigenvalue weighted by molar-refractivity contribution is 0.148. The number of ether oxygens (including phenoxy) is 2. The van der Waals surface area contributed by atoms with Gasteiger partial charge in [-0.15, -0.1) is 0 Å². The molecule has 3 heteroatoms. The lowest BCUT2D eigenvalue weighted by Gasteiger charge is -2.15. The number of aliphatic hydroxyl groups excluding tert-OH is 1. The third kappa shape index (κ3) is 3.03. The molecule has 0 bridgehead atoms. The monoisotopic (exact) mass is 284 g/mol. The molecule has 0 aromatic heterocycles. The second-order valence-electron chi connectivity index (χ2n) is 5.56. The standard InChI is InChI=1S/C18H20O3/c1-12-9-14(13(2)19)7-8-17(12)20-11-16-10-15-5-3-4-6-18(15)21-16/h3-9,13,16,19H,10-11H2,1-2H3/t13-,16?/m0/s1. The molecule has 0 radical (unpaired) electrons. The second kappa shape index (κ2) is 5.78. The molecule has 2 atom stereocenters. The Labute approximate surface area is 125 Å². The van der Waals surface area contributed by atoms with Gasteiger partial charge in [-0.25, -0.2) is 0 Å². The minimum atomic E-state index is -0.453. The Morgan fingerprint density at radius 3 is 2.81 bits per heavy atom. The third-order valence-corrected chi connectivity index (χ3v) is 3.82. The summed E-state index contributed by atoms with van der Waals surface area (Å²) in [4.78, 5) is 0. The summed E-state index contributed by atoms with van der Waals surface area (Å²) >= 11 is 0. The molecule has 0 spiro atoms. The zero-order valence-electron chi connectivity index (χ0n) is 12.4. The van der Waals surface area contributed by atoms with E-state index in [-0.39, 0.29) is 6.10 Å². The number of fused-ring (bicyclic) bond motifs is 1. The van der Waals surface area contributed by atoms with E-state index in [0.29, 0.717) is 6.61 Å². The molecule has 0 amide bonds. The molecule has 0 saturated heterocycles. The van der Waals surface area contributed by atoms with E-state index < -0.39 is 6.10 Å². The largest absolute Gasteiger partial charge is 0.489 e. The van der Waals surface area contributed by atoms with Crippen molar-refractivity contribution in [2.75, 3.05) is 6.61 Å². The van der Waals surface area contributed by atoms with Gasteiger partial charge in [-0.1, -0.05) is 24.3 Å². The summed E-state index contributed by atoms with van der Waals surface area (Å²) in [6, 6.07) is 13.9. The number of hydrogen-bond acceptors (Lipinski definition) is 3. The predicted molar refractivity (Wildman–Crippen MR) is 81.9 cm³/mol. The predicted octanol–water partition coefficient (Wildman–Crippen LogP) is 3.43. The van der Waals surface area contributed by atoms with Gasteiger partial charge < -0.3 is 14.6 Å². The molecule has 21 heavy (non-hydrogen) atoms. The Bertz CT molecular complexity index is 609. The molecule has 2 aromatic carbocycles. The summed E-state index contributed by atoms with van der Waals surface area (Å²) < 4.78 is 11.7. The van der Waals surface area contributed by atoms with Gasteiger partial charge in [-0.05, 0) is 48.7 Å². The highest BCUT2D eigenvalue weighted by Crippen LogP contribution is 2.29. The van der Waals surface area contributed by atoms with Crippen LogP contribution in [0.2, 0.25) is 0 Å². The average molecular weight is 284 g/mol. The van der Waals surface area contributed by atoms with Crippen molar-refractivity contribution in [1.82, 2.24) is 0 Å². The van der Waals surface area contributed by atoms with Crippen LogP contribution >= 0.6 is 0 Å². The van der Waals surface area contributed by atoms with Crippen molar-refractivity contribution < 1.29 is 14.6 Å². The first-order valence-corrected chi connectivity index (χ1v) is 7.29. The van der Waals surface area contributed by atoms with Crippen molar-refractivity contribution in [2.45, 2.75) is 32.5 Å². The molecule has 1 aliphatic rings. The minimum absolute atomic E-state index is 0.0678. The smallest absolute Gasteiger partial charge is 0.137 e. The van der Waals surface area contributed by atoms with E-state index in [1.54, 1.807) is 6.92 Å². The molecule has 0 saturated carbocycles. The topological polar surface area (TPSA) is 38.7 Å². The van der Waals surface area contributed by atoms with Crippen LogP contribution in [-0.2, 0) is 6.42 Å². The highest BCUT2D eigenvalue weighted by Gasteiger charge is 2.23. The summed E-state index contributed by atoms with van der Waals surface area (Å²) in [5.74, 6) is 1.81. The van der Waals surface area contributed by atoms with Crippen LogP contribution < -0.4 is 9.47 Å². The summed E-state index contributed by atoms with van der Waals surface area (Å²) in [7, 11) is 0. The van der Waals surface area contributed by atoms with Crippen LogP contribution in [0.1, 0.15) is 29.7 Å². The lowest BCUT2D eigenvalue weighted by Crippen LogP contribution is -2.22. The number of benzene rings is 2. The van der Waals surface area contributed by atoms with Crippen molar-refractivity contribution in [2.24, 2.45) is 0 Å². The van der Waals surface area contributed by atoms with Gasteiger partial charge in [0.25, 0.3) is 0 Å². The minimum Gasteiger partial charge on any atom is -0.489 e. The Kier molecular flexibility index (Phi) is 3.84. The molecular weight excluding hydrogens is 264 g/mol. The maximum atomic E-state index is 9.58. The lowest BCUT2D eigenvalue weighted by atomic mass is 10.1. The maximum Gasteiger partial charge on any atom is 0.137 e. The van der Waals surface area contributed by atoms with E-state index in [9.17, 15) is 5.11 Å². The van der Waals surface area contributed by atoms with Crippen molar-refractivity contribution in [1.29, 1.82) is 0 Å². The number of hydrogen-bond donors (Lipinski definition) is 1. The van der Waals surface area contributed by atoms with E-state index in [0.717, 1.165) is 29.0 Å². The molecule has 1 unspecified atom stereocenters. The quantitative estimate of drug-likeness (QED) is 0.935. The number of rotatable bonds is 4. The summed E-state index contributed by atoms with van der Waals surface area (Å²) in [6.07, 6.45) is 0.504. The molecule has 0 aliphatic carbocycles. The molecule has 3 nitrogen and oxygen atoms in total. The molecule has 2 aromatic rings. The van der Waals surface area contributed by atoms with Gasteiger partial charge in [0.15, 0.2) is 0 Å². The van der Waals surface area contributed by atoms with Crippen LogP contribution in [0.4, 0.5) is 0 Å². The van der Waals surface area contributed by atoms with Gasteiger partial charge in [-0.2, -0.15) is 0 Å². The van der Waals surface area contributed by atoms with Crippen molar-refractivity contribution in [3.05, 3.63) is 59.2 Å². The highest BCUT2D eigenvalue weighted by atomic mass is 16.5. The Morgan fingerprint density at radius 2 is 2.10 bits per heavy atom. The van der Waals surface area contributed by atoms with Crippen LogP contribution in [0.25, 0.3) is 0 Å². The van der Waals surface area contributed by atoms with Crippen LogP contribution in [-0.4, -0.2) is 17.8 Å². The third-order valence-electron chi connectivity index (χ3n) is 3.82. The van der Waals surface area contributed by atoms with Gasteiger partial charge in [0.1, 0.15) is 24.2 Å². The van der Waals surface area contributed by atoms with E-state index in [1.807, 2.05) is 43.3 Å². The van der Waals surface area contributed by atoms with E-state index in [4.69, 9.17) is 9.47 Å². The molecule has 110 valence electrons. The first-order chi connectivity index (χ1) is 10.1. The molecule has 3 rings (SSSR count). The van der Waals surface area contributed by atoms with E-state index >= 15 is 0 Å². The van der Waals surface area contributed by atoms with Gasteiger partial charge >= 0.3 is 0 Å². The number of para-hydroxylation sites is 1. The fourth-order valence-electron chi connectivity index (χ4n) is 2.62. The molecule has 1 N–H and O–H groups in total. The molecule has 1 aliphatic heterocycles. The fraction of sp³-hybridized carbons (Fsp3) is 0.333. The van der Waals surface area contributed by atoms with Crippen LogP contribution in [0.5, 0.6) is 11.5 Å². The zero-order chi connectivity index (χ0) is 14.8. The van der Waals surface area contributed by atoms with Gasteiger partial charge in [-0.3, -0.25) is 0 Å². The highest BCUT2D eigenvalue weighted by molar-refractivity contribution is 5.38. The molecule has 0 fully saturated rings. The Hall–Kier alpha value is -2.00. The maximum absolute atomic E-state index is 9.58.